The van der Waals surface area contributed by atoms with E-state index in [1.54, 1.807) is 6.07 Å². The molecule has 0 atom stereocenters. The van der Waals surface area contributed by atoms with Crippen molar-refractivity contribution in [2.45, 2.75) is 39.5 Å². The van der Waals surface area contributed by atoms with Gasteiger partial charge in [0.25, 0.3) is 0 Å². The van der Waals surface area contributed by atoms with Gasteiger partial charge in [-0.1, -0.05) is 32.8 Å². The molecule has 94 valence electrons. The van der Waals surface area contributed by atoms with E-state index in [1.807, 2.05) is 19.1 Å². The summed E-state index contributed by atoms with van der Waals surface area (Å²) in [6.45, 7) is 4.89. The standard InChI is InChI=1S/C13H21N3O/c1-3-5-6-10-14-13(17)16-12-9-7-8-11(4-2)15-12/h7-9H,3-6,10H2,1-2H3,(H2,14,15,16,17). The van der Waals surface area contributed by atoms with Gasteiger partial charge in [0.1, 0.15) is 5.82 Å². The highest BCUT2D eigenvalue weighted by Gasteiger charge is 2.02. The summed E-state index contributed by atoms with van der Waals surface area (Å²) in [5.41, 5.74) is 0.980. The third-order valence-corrected chi connectivity index (χ3v) is 2.48. The number of aromatic nitrogens is 1. The largest absolute Gasteiger partial charge is 0.338 e. The predicted octanol–water partition coefficient (Wildman–Crippen LogP) is 2.96. The van der Waals surface area contributed by atoms with Crippen LogP contribution in [-0.2, 0) is 6.42 Å². The first-order valence-electron chi connectivity index (χ1n) is 6.27. The molecule has 0 aromatic carbocycles. The van der Waals surface area contributed by atoms with E-state index in [-0.39, 0.29) is 6.03 Å². The van der Waals surface area contributed by atoms with E-state index in [9.17, 15) is 4.79 Å². The summed E-state index contributed by atoms with van der Waals surface area (Å²) in [4.78, 5) is 15.8. The molecule has 0 radical (unpaired) electrons. The molecule has 0 saturated heterocycles. The minimum absolute atomic E-state index is 0.179. The van der Waals surface area contributed by atoms with Gasteiger partial charge in [-0.15, -0.1) is 0 Å². The van der Waals surface area contributed by atoms with Crippen LogP contribution in [0.4, 0.5) is 10.6 Å². The first kappa shape index (κ1) is 13.5. The number of aryl methyl sites for hydroxylation is 1. The second kappa shape index (κ2) is 7.65. The molecule has 2 amide bonds. The smallest absolute Gasteiger partial charge is 0.320 e. The lowest BCUT2D eigenvalue weighted by atomic mass is 10.2. The summed E-state index contributed by atoms with van der Waals surface area (Å²) < 4.78 is 0. The highest BCUT2D eigenvalue weighted by Crippen LogP contribution is 2.04. The van der Waals surface area contributed by atoms with Gasteiger partial charge in [-0.2, -0.15) is 0 Å². The van der Waals surface area contributed by atoms with Gasteiger partial charge in [0.2, 0.25) is 0 Å². The second-order valence-corrected chi connectivity index (χ2v) is 3.96. The fraction of sp³-hybridized carbons (Fsp3) is 0.538. The van der Waals surface area contributed by atoms with E-state index < -0.39 is 0 Å². The predicted molar refractivity (Wildman–Crippen MR) is 70.2 cm³/mol. The summed E-state index contributed by atoms with van der Waals surface area (Å²) in [5.74, 6) is 0.609. The molecule has 0 bridgehead atoms. The molecular weight excluding hydrogens is 214 g/mol. The second-order valence-electron chi connectivity index (χ2n) is 3.96. The number of carbonyl (C=O) groups excluding carboxylic acids is 1. The lowest BCUT2D eigenvalue weighted by Gasteiger charge is -2.07. The number of hydrogen-bond acceptors (Lipinski definition) is 2. The Morgan fingerprint density at radius 3 is 2.82 bits per heavy atom. The minimum Gasteiger partial charge on any atom is -0.338 e. The summed E-state index contributed by atoms with van der Waals surface area (Å²) in [6.07, 6.45) is 4.19. The number of nitrogens with zero attached hydrogens (tertiary/aromatic N) is 1. The Bertz CT molecular complexity index is 352. The van der Waals surface area contributed by atoms with E-state index in [4.69, 9.17) is 0 Å². The topological polar surface area (TPSA) is 54.0 Å². The van der Waals surface area contributed by atoms with Crippen molar-refractivity contribution in [1.82, 2.24) is 10.3 Å². The molecule has 0 aliphatic rings. The molecule has 0 aliphatic heterocycles. The van der Waals surface area contributed by atoms with Crippen molar-refractivity contribution >= 4 is 11.8 Å². The number of amides is 2. The van der Waals surface area contributed by atoms with Crippen LogP contribution in [0.2, 0.25) is 0 Å². The molecule has 0 spiro atoms. The zero-order chi connectivity index (χ0) is 12.5. The lowest BCUT2D eigenvalue weighted by Crippen LogP contribution is -2.29. The first-order chi connectivity index (χ1) is 8.26. The number of urea groups is 1. The average molecular weight is 235 g/mol. The van der Waals surface area contributed by atoms with Crippen molar-refractivity contribution < 1.29 is 4.79 Å². The number of nitrogens with one attached hydrogen (secondary N) is 2. The van der Waals surface area contributed by atoms with Crippen molar-refractivity contribution in [2.75, 3.05) is 11.9 Å². The molecule has 0 fully saturated rings. The Balaban J connectivity index is 2.34. The number of unbranched alkanes of at least 4 members (excludes halogenated alkanes) is 2. The monoisotopic (exact) mass is 235 g/mol. The van der Waals surface area contributed by atoms with Crippen LogP contribution >= 0.6 is 0 Å². The molecule has 1 rings (SSSR count). The summed E-state index contributed by atoms with van der Waals surface area (Å²) in [5, 5.41) is 5.55. The molecular formula is C13H21N3O. The SMILES string of the molecule is CCCCCNC(=O)Nc1cccc(CC)n1. The Kier molecular flexibility index (Phi) is 6.07. The van der Waals surface area contributed by atoms with Crippen LogP contribution in [0.5, 0.6) is 0 Å². The van der Waals surface area contributed by atoms with Gasteiger partial charge in [-0.25, -0.2) is 9.78 Å². The Morgan fingerprint density at radius 2 is 2.12 bits per heavy atom. The molecule has 1 aromatic rings. The normalized spacial score (nSPS) is 10.0. The van der Waals surface area contributed by atoms with Gasteiger partial charge in [-0.3, -0.25) is 5.32 Å². The highest BCUT2D eigenvalue weighted by atomic mass is 16.2. The number of hydrogen-bond donors (Lipinski definition) is 2. The van der Waals surface area contributed by atoms with Crippen LogP contribution < -0.4 is 10.6 Å². The molecule has 4 heteroatoms. The third kappa shape index (κ3) is 5.33. The van der Waals surface area contributed by atoms with Gasteiger partial charge in [0, 0.05) is 12.2 Å². The van der Waals surface area contributed by atoms with Crippen LogP contribution in [0, 0.1) is 0 Å². The maximum absolute atomic E-state index is 11.5. The number of pyridine rings is 1. The zero-order valence-electron chi connectivity index (χ0n) is 10.6. The molecule has 4 nitrogen and oxygen atoms in total. The van der Waals surface area contributed by atoms with Gasteiger partial charge >= 0.3 is 6.03 Å². The molecule has 1 aromatic heterocycles. The molecule has 1 heterocycles. The average Bonchev–Trinajstić information content (AvgIpc) is 2.35. The fourth-order valence-corrected chi connectivity index (χ4v) is 1.48. The molecule has 0 saturated carbocycles. The first-order valence-corrected chi connectivity index (χ1v) is 6.27. The van der Waals surface area contributed by atoms with E-state index in [0.717, 1.165) is 31.4 Å². The molecule has 0 unspecified atom stereocenters. The van der Waals surface area contributed by atoms with Crippen molar-refractivity contribution in [2.24, 2.45) is 0 Å². The molecule has 2 N–H and O–H groups in total. The van der Waals surface area contributed by atoms with E-state index in [2.05, 4.69) is 22.5 Å². The van der Waals surface area contributed by atoms with E-state index >= 15 is 0 Å². The maximum Gasteiger partial charge on any atom is 0.320 e. The Morgan fingerprint density at radius 1 is 1.29 bits per heavy atom. The fourth-order valence-electron chi connectivity index (χ4n) is 1.48. The number of rotatable bonds is 6. The molecule has 0 aliphatic carbocycles. The van der Waals surface area contributed by atoms with E-state index in [1.165, 1.54) is 0 Å². The van der Waals surface area contributed by atoms with Gasteiger partial charge in [0.15, 0.2) is 0 Å². The van der Waals surface area contributed by atoms with Crippen molar-refractivity contribution in [3.8, 4) is 0 Å². The van der Waals surface area contributed by atoms with Crippen LogP contribution in [-0.4, -0.2) is 17.6 Å². The number of anilines is 1. The lowest BCUT2D eigenvalue weighted by molar-refractivity contribution is 0.252. The maximum atomic E-state index is 11.5. The van der Waals surface area contributed by atoms with Gasteiger partial charge in [-0.05, 0) is 25.0 Å². The van der Waals surface area contributed by atoms with Crippen LogP contribution in [0.3, 0.4) is 0 Å². The quantitative estimate of drug-likeness (QED) is 0.745. The zero-order valence-corrected chi connectivity index (χ0v) is 10.6. The summed E-state index contributed by atoms with van der Waals surface area (Å²) in [7, 11) is 0. The Labute approximate surface area is 103 Å². The third-order valence-electron chi connectivity index (χ3n) is 2.48. The number of carbonyl (C=O) groups is 1. The summed E-state index contributed by atoms with van der Waals surface area (Å²) >= 11 is 0. The van der Waals surface area contributed by atoms with Crippen molar-refractivity contribution in [1.29, 1.82) is 0 Å². The van der Waals surface area contributed by atoms with Crippen molar-refractivity contribution in [3.05, 3.63) is 23.9 Å². The Hall–Kier alpha value is -1.58. The van der Waals surface area contributed by atoms with Crippen LogP contribution in [0.25, 0.3) is 0 Å². The van der Waals surface area contributed by atoms with Crippen molar-refractivity contribution in [3.63, 3.8) is 0 Å². The van der Waals surface area contributed by atoms with E-state index in [0.29, 0.717) is 12.4 Å². The molecule has 17 heavy (non-hydrogen) atoms. The summed E-state index contributed by atoms with van der Waals surface area (Å²) in [6, 6.07) is 5.47. The van der Waals surface area contributed by atoms with Crippen LogP contribution in [0.1, 0.15) is 38.8 Å². The van der Waals surface area contributed by atoms with Gasteiger partial charge in [0.05, 0.1) is 0 Å². The minimum atomic E-state index is -0.179. The van der Waals surface area contributed by atoms with Crippen LogP contribution in [0.15, 0.2) is 18.2 Å². The highest BCUT2D eigenvalue weighted by molar-refractivity contribution is 5.88. The van der Waals surface area contributed by atoms with Gasteiger partial charge < -0.3 is 5.32 Å².